The monoisotopic (exact) mass is 1210 g/mol. The number of nitro groups is 2. The zero-order chi connectivity index (χ0) is 59.3. The number of anilines is 4. The first-order valence-electron chi connectivity index (χ1n) is 25.9. The Morgan fingerprint density at radius 2 is 0.880 bits per heavy atom. The quantitative estimate of drug-likeness (QED) is 0.0718. The van der Waals surface area contributed by atoms with E-state index >= 15 is 0 Å². The van der Waals surface area contributed by atoms with Crippen molar-refractivity contribution in [3.8, 4) is 0 Å². The summed E-state index contributed by atoms with van der Waals surface area (Å²) < 4.78 is 154. The zero-order valence-electron chi connectivity index (χ0n) is 44.9. The number of alkyl halides is 12. The summed E-state index contributed by atoms with van der Waals surface area (Å²) in [5.74, 6) is -1.08. The van der Waals surface area contributed by atoms with Gasteiger partial charge in [-0.2, -0.15) is 52.7 Å². The number of aliphatic carboxylic acids is 1. The van der Waals surface area contributed by atoms with Crippen molar-refractivity contribution in [3.05, 3.63) is 127 Å². The number of quaternary nitrogens is 1. The fourth-order valence-electron chi connectivity index (χ4n) is 9.68. The largest absolute Gasteiger partial charge is 1.00 e. The van der Waals surface area contributed by atoms with Crippen molar-refractivity contribution in [1.82, 2.24) is 14.7 Å². The van der Waals surface area contributed by atoms with Gasteiger partial charge in [-0.15, -0.1) is 0 Å². The summed E-state index contributed by atoms with van der Waals surface area (Å²) in [5.41, 5.74) is -3.89. The summed E-state index contributed by atoms with van der Waals surface area (Å²) in [7, 11) is 0. The molecule has 0 bridgehead atoms. The van der Waals surface area contributed by atoms with E-state index in [0.29, 0.717) is 97.8 Å². The molecule has 4 N–H and O–H groups in total. The third kappa shape index (κ3) is 21.1. The van der Waals surface area contributed by atoms with Gasteiger partial charge in [0.25, 0.3) is 11.4 Å². The van der Waals surface area contributed by atoms with Crippen molar-refractivity contribution in [3.63, 3.8) is 0 Å². The molecule has 4 aromatic carbocycles. The van der Waals surface area contributed by atoms with Crippen LogP contribution < -0.4 is 62.1 Å². The maximum atomic E-state index is 13.2. The Labute approximate surface area is 487 Å². The fraction of sp³-hybridized carbons (Fsp3) is 0.500. The number of carbonyl (C=O) groups excluding carboxylic acids is 2. The molecule has 4 fully saturated rings. The molecule has 4 aliphatic rings. The maximum Gasteiger partial charge on any atom is 1.00 e. The minimum absolute atomic E-state index is 0. The van der Waals surface area contributed by atoms with Gasteiger partial charge in [-0.1, -0.05) is 0 Å². The number of piperazine rings is 2. The molecule has 0 unspecified atom stereocenters. The van der Waals surface area contributed by atoms with E-state index in [9.17, 15) is 87.6 Å². The van der Waals surface area contributed by atoms with Crippen molar-refractivity contribution >= 4 is 46.0 Å². The van der Waals surface area contributed by atoms with Crippen LogP contribution in [-0.4, -0.2) is 140 Å². The van der Waals surface area contributed by atoms with Gasteiger partial charge in [0.1, 0.15) is 11.1 Å². The van der Waals surface area contributed by atoms with Crippen LogP contribution in [-0.2, 0) is 34.3 Å². The molecule has 0 atom stereocenters. The minimum atomic E-state index is -4.86. The van der Waals surface area contributed by atoms with Gasteiger partial charge in [-0.3, -0.25) is 34.8 Å². The van der Waals surface area contributed by atoms with E-state index in [1.54, 1.807) is 4.90 Å². The number of benzene rings is 4. The van der Waals surface area contributed by atoms with Gasteiger partial charge in [0.05, 0.1) is 34.1 Å². The van der Waals surface area contributed by atoms with E-state index in [4.69, 9.17) is 0 Å². The third-order valence-electron chi connectivity index (χ3n) is 14.2. The molecule has 0 spiro atoms. The van der Waals surface area contributed by atoms with Crippen molar-refractivity contribution in [1.29, 1.82) is 0 Å². The molecule has 17 nitrogen and oxygen atoms in total. The van der Waals surface area contributed by atoms with Crippen LogP contribution in [0.15, 0.2) is 84.9 Å². The number of amides is 1. The number of hydrogen-bond donors (Lipinski definition) is 3. The van der Waals surface area contributed by atoms with Gasteiger partial charge in [-0.05, 0) is 92.1 Å². The second-order valence-corrected chi connectivity index (χ2v) is 19.7. The van der Waals surface area contributed by atoms with Crippen molar-refractivity contribution < 1.29 is 114 Å². The van der Waals surface area contributed by atoms with E-state index < -0.39 is 74.1 Å². The second kappa shape index (κ2) is 30.5. The molecule has 0 radical (unpaired) electrons. The van der Waals surface area contributed by atoms with Gasteiger partial charge < -0.3 is 53.0 Å². The van der Waals surface area contributed by atoms with E-state index in [1.807, 2.05) is 14.7 Å². The predicted molar refractivity (Wildman–Crippen MR) is 272 cm³/mol. The number of hydrogen-bond acceptors (Lipinski definition) is 13. The number of carbonyl (C=O) groups is 2. The predicted octanol–water partition coefficient (Wildman–Crippen LogP) is 1.97. The van der Waals surface area contributed by atoms with Crippen LogP contribution >= 0.6 is 0 Å². The first-order chi connectivity index (χ1) is 38.0. The molecule has 4 aliphatic heterocycles. The number of piperidine rings is 2. The van der Waals surface area contributed by atoms with Gasteiger partial charge in [0, 0.05) is 151 Å². The van der Waals surface area contributed by atoms with Crippen LogP contribution in [0.5, 0.6) is 0 Å². The Morgan fingerprint density at radius 1 is 0.518 bits per heavy atom. The number of rotatable bonds is 14. The first kappa shape index (κ1) is 69.2. The summed E-state index contributed by atoms with van der Waals surface area (Å²) >= 11 is 0. The average molecular weight is 1210 g/mol. The summed E-state index contributed by atoms with van der Waals surface area (Å²) in [5, 5.41) is 40.2. The number of nitro benzene ring substituents is 2. The molecule has 31 heteroatoms. The smallest absolute Gasteiger partial charge is 1.00 e. The van der Waals surface area contributed by atoms with Crippen LogP contribution in [0.1, 0.15) is 60.8 Å². The normalized spacial score (nSPS) is 16.9. The Morgan fingerprint density at radius 3 is 1.22 bits per heavy atom. The van der Waals surface area contributed by atoms with Gasteiger partial charge in [0.2, 0.25) is 5.91 Å². The second-order valence-electron chi connectivity index (χ2n) is 19.7. The number of halogens is 13. The van der Waals surface area contributed by atoms with Crippen LogP contribution in [0, 0.1) is 20.2 Å². The van der Waals surface area contributed by atoms with Crippen LogP contribution in [0.25, 0.3) is 0 Å². The molecule has 4 heterocycles. The number of carboxylic acids is 1. The Balaban J connectivity index is 0.000000290. The summed E-state index contributed by atoms with van der Waals surface area (Å²) in [6.45, 7) is 9.07. The van der Waals surface area contributed by atoms with E-state index in [2.05, 4.69) is 20.9 Å². The average Bonchev–Trinajstić information content (AvgIpc) is 3.58. The van der Waals surface area contributed by atoms with Crippen LogP contribution in [0.2, 0.25) is 0 Å². The number of likely N-dealkylation sites (tertiary alicyclic amines) is 1. The Bertz CT molecular complexity index is 2740. The Kier molecular flexibility index (Phi) is 25.5. The van der Waals surface area contributed by atoms with Crippen LogP contribution in [0.4, 0.5) is 86.8 Å². The Hall–Kier alpha value is -6.25. The topological polar surface area (TPSA) is 200 Å². The van der Waals surface area contributed by atoms with Gasteiger partial charge in [-0.25, -0.2) is 0 Å². The van der Waals surface area contributed by atoms with Crippen molar-refractivity contribution in [2.45, 2.75) is 75.3 Å². The van der Waals surface area contributed by atoms with Crippen LogP contribution in [0.3, 0.4) is 0 Å². The number of carboxylic acid groups (broad SMARTS) is 1. The summed E-state index contributed by atoms with van der Waals surface area (Å²) in [6.07, 6.45) is -15.2. The molecule has 0 aromatic heterocycles. The molecule has 1 amide bonds. The molecule has 83 heavy (non-hydrogen) atoms. The number of nitrogens with zero attached hydrogens (tertiary/aromatic N) is 7. The summed E-state index contributed by atoms with van der Waals surface area (Å²) in [6, 6.07) is 16.0. The van der Waals surface area contributed by atoms with Gasteiger partial charge >= 0.3 is 43.6 Å². The maximum absolute atomic E-state index is 13.2. The number of nitrogens with one attached hydrogen (secondary N) is 2. The van der Waals surface area contributed by atoms with Gasteiger partial charge in [0.15, 0.2) is 0 Å². The SMILES string of the molecule is O=C(CCN1CCN(c2ccc(C(F)(F)F)cc2)CC1)N1CCC(Nc2ccc([N+](=O)[O-])c(C(F)(F)F)c2)CC1.O=C([O-])CCN1CCN(c2ccc(C(F)(F)F)cc2)CC1.O=[N+]([O-])c1ccc(NC2CC[NH2+]CC2)cc1C(F)(F)F.[Cl-].[Li+]. The van der Waals surface area contributed by atoms with Crippen molar-refractivity contribution in [2.24, 2.45) is 0 Å². The summed E-state index contributed by atoms with van der Waals surface area (Å²) in [4.78, 5) is 52.6. The molecule has 4 saturated heterocycles. The third-order valence-corrected chi connectivity index (χ3v) is 14.2. The molecule has 4 aromatic rings. The minimum Gasteiger partial charge on any atom is -1.00 e. The standard InChI is InChI=1S/C26H29F6N5O3.C14H17F3N2O2.C12H14F3N3O2.ClH.Li/c27-25(28,29)18-1-4-21(5-2-18)35-15-13-34(14-16-35)10-9-24(38)36-11-7-19(8-12-36)33-20-3-6-23(37(39)40)22(17-20)26(30,31)32;15-14(16,17)11-1-3-12(4-2-11)19-9-7-18(8-10-19)6-5-13(20)21;13-12(14,15)10-7-9(1-2-11(10)18(19)20)17-8-3-5-16-6-4-8;;/h1-6,17,19,33H,7-16H2;1-4H,5-10H2,(H,20,21);1-2,7-8,16-17H,3-6H2;1H;/q;;;;+1/p-1. The zero-order valence-corrected chi connectivity index (χ0v) is 45.6. The fourth-order valence-corrected chi connectivity index (χ4v) is 9.68. The van der Waals surface area contributed by atoms with Crippen molar-refractivity contribution in [2.75, 3.05) is 112 Å². The molecule has 0 saturated carbocycles. The van der Waals surface area contributed by atoms with E-state index in [0.717, 1.165) is 85.8 Å². The first-order valence-corrected chi connectivity index (χ1v) is 25.9. The molecular weight excluding hydrogens is 1150 g/mol. The molecule has 452 valence electrons. The molecule has 0 aliphatic carbocycles. The van der Waals surface area contributed by atoms with E-state index in [1.165, 1.54) is 36.4 Å². The van der Waals surface area contributed by atoms with E-state index in [-0.39, 0.29) is 67.1 Å². The molecule has 8 rings (SSSR count). The molecular formula is C52H60ClF12LiN10O7. The number of nitrogens with two attached hydrogens (primary N) is 1.